The summed E-state index contributed by atoms with van der Waals surface area (Å²) in [5.74, 6) is 0.227. The molecule has 0 bridgehead atoms. The number of anilines is 2. The SMILES string of the molecule is CC(=O)N(C)c1ccc(NC(=S)NC(=O)COc2cccc3ccccc23)cc1. The van der Waals surface area contributed by atoms with E-state index >= 15 is 0 Å². The van der Waals surface area contributed by atoms with Crippen molar-refractivity contribution in [1.29, 1.82) is 0 Å². The molecule has 0 heterocycles. The minimum atomic E-state index is -0.358. The number of hydrogen-bond acceptors (Lipinski definition) is 4. The van der Waals surface area contributed by atoms with Crippen LogP contribution in [0.2, 0.25) is 0 Å². The first kappa shape index (κ1) is 20.3. The van der Waals surface area contributed by atoms with Crippen molar-refractivity contribution in [2.45, 2.75) is 6.92 Å². The predicted molar refractivity (Wildman–Crippen MR) is 119 cm³/mol. The van der Waals surface area contributed by atoms with E-state index < -0.39 is 0 Å². The van der Waals surface area contributed by atoms with Crippen LogP contribution in [-0.2, 0) is 9.59 Å². The molecule has 0 saturated heterocycles. The van der Waals surface area contributed by atoms with Gasteiger partial charge in [-0.1, -0.05) is 36.4 Å². The minimum Gasteiger partial charge on any atom is -0.483 e. The molecule has 0 aliphatic carbocycles. The lowest BCUT2D eigenvalue weighted by molar-refractivity contribution is -0.121. The Hall–Kier alpha value is -3.45. The van der Waals surface area contributed by atoms with Crippen LogP contribution in [0.25, 0.3) is 10.8 Å². The summed E-state index contributed by atoms with van der Waals surface area (Å²) in [4.78, 5) is 25.1. The highest BCUT2D eigenvalue weighted by Gasteiger charge is 2.09. The van der Waals surface area contributed by atoms with Gasteiger partial charge < -0.3 is 15.0 Å². The van der Waals surface area contributed by atoms with Gasteiger partial charge in [-0.05, 0) is 47.9 Å². The molecule has 2 N–H and O–H groups in total. The van der Waals surface area contributed by atoms with Crippen LogP contribution in [0, 0.1) is 0 Å². The zero-order valence-electron chi connectivity index (χ0n) is 16.1. The molecule has 0 saturated carbocycles. The Kier molecular flexibility index (Phi) is 6.41. The monoisotopic (exact) mass is 407 g/mol. The Bertz CT molecular complexity index is 1050. The number of carbonyl (C=O) groups is 2. The summed E-state index contributed by atoms with van der Waals surface area (Å²) in [6, 6.07) is 20.6. The van der Waals surface area contributed by atoms with Crippen molar-refractivity contribution in [2.24, 2.45) is 0 Å². The molecule has 3 rings (SSSR count). The molecular formula is C22H21N3O3S. The lowest BCUT2D eigenvalue weighted by atomic mass is 10.1. The zero-order valence-corrected chi connectivity index (χ0v) is 17.0. The van der Waals surface area contributed by atoms with E-state index in [4.69, 9.17) is 17.0 Å². The Labute approximate surface area is 174 Å². The van der Waals surface area contributed by atoms with Gasteiger partial charge in [0, 0.05) is 30.7 Å². The third kappa shape index (κ3) is 5.30. The number of ether oxygens (including phenoxy) is 1. The highest BCUT2D eigenvalue weighted by Crippen LogP contribution is 2.25. The van der Waals surface area contributed by atoms with Crippen LogP contribution in [0.4, 0.5) is 11.4 Å². The number of rotatable bonds is 5. The van der Waals surface area contributed by atoms with Gasteiger partial charge >= 0.3 is 0 Å². The number of thiocarbonyl (C=S) groups is 1. The first-order valence-corrected chi connectivity index (χ1v) is 9.40. The second-order valence-electron chi connectivity index (χ2n) is 6.39. The summed E-state index contributed by atoms with van der Waals surface area (Å²) in [6.45, 7) is 1.34. The van der Waals surface area contributed by atoms with Crippen molar-refractivity contribution in [3.8, 4) is 5.75 Å². The molecule has 3 aromatic carbocycles. The van der Waals surface area contributed by atoms with Gasteiger partial charge in [0.05, 0.1) is 0 Å². The summed E-state index contributed by atoms with van der Waals surface area (Å²) in [5, 5.41) is 7.69. The molecule has 0 aliphatic rings. The Balaban J connectivity index is 1.53. The highest BCUT2D eigenvalue weighted by atomic mass is 32.1. The van der Waals surface area contributed by atoms with Crippen molar-refractivity contribution in [1.82, 2.24) is 5.32 Å². The number of benzene rings is 3. The van der Waals surface area contributed by atoms with E-state index in [-0.39, 0.29) is 23.5 Å². The quantitative estimate of drug-likeness (QED) is 0.631. The van der Waals surface area contributed by atoms with Crippen molar-refractivity contribution in [3.05, 3.63) is 66.7 Å². The maximum Gasteiger partial charge on any atom is 0.264 e. The second-order valence-corrected chi connectivity index (χ2v) is 6.80. The minimum absolute atomic E-state index is 0.0558. The highest BCUT2D eigenvalue weighted by molar-refractivity contribution is 7.80. The van der Waals surface area contributed by atoms with Crippen LogP contribution in [-0.4, -0.2) is 30.6 Å². The van der Waals surface area contributed by atoms with E-state index in [0.717, 1.165) is 16.5 Å². The van der Waals surface area contributed by atoms with E-state index in [1.54, 1.807) is 31.3 Å². The first-order valence-electron chi connectivity index (χ1n) is 9.00. The molecule has 0 aliphatic heterocycles. The van der Waals surface area contributed by atoms with Crippen LogP contribution < -0.4 is 20.3 Å². The molecule has 0 spiro atoms. The standard InChI is InChI=1S/C22H21N3O3S/c1-15(26)25(2)18-12-10-17(11-13-18)23-22(29)24-21(27)14-28-20-9-5-7-16-6-3-4-8-19(16)20/h3-13H,14H2,1-2H3,(H2,23,24,27,29). The third-order valence-corrected chi connectivity index (χ3v) is 4.55. The summed E-state index contributed by atoms with van der Waals surface area (Å²) < 4.78 is 5.66. The van der Waals surface area contributed by atoms with Gasteiger partial charge in [-0.3, -0.25) is 14.9 Å². The number of hydrogen-bond donors (Lipinski definition) is 2. The van der Waals surface area contributed by atoms with Crippen LogP contribution in [0.5, 0.6) is 5.75 Å². The fraction of sp³-hybridized carbons (Fsp3) is 0.136. The smallest absolute Gasteiger partial charge is 0.264 e. The van der Waals surface area contributed by atoms with Crippen LogP contribution in [0.1, 0.15) is 6.92 Å². The molecular weight excluding hydrogens is 386 g/mol. The van der Waals surface area contributed by atoms with Crippen molar-refractivity contribution in [3.63, 3.8) is 0 Å². The van der Waals surface area contributed by atoms with Gasteiger partial charge in [-0.25, -0.2) is 0 Å². The zero-order chi connectivity index (χ0) is 20.8. The molecule has 0 fully saturated rings. The average Bonchev–Trinajstić information content (AvgIpc) is 2.72. The Morgan fingerprint density at radius 3 is 2.41 bits per heavy atom. The summed E-state index contributed by atoms with van der Waals surface area (Å²) in [7, 11) is 1.70. The number of carbonyl (C=O) groups excluding carboxylic acids is 2. The summed E-state index contributed by atoms with van der Waals surface area (Å²) in [6.07, 6.45) is 0. The van der Waals surface area contributed by atoms with Crippen LogP contribution >= 0.6 is 12.2 Å². The number of fused-ring (bicyclic) bond motifs is 1. The first-order chi connectivity index (χ1) is 13.9. The summed E-state index contributed by atoms with van der Waals surface area (Å²) in [5.41, 5.74) is 1.47. The van der Waals surface area contributed by atoms with Crippen LogP contribution in [0.15, 0.2) is 66.7 Å². The van der Waals surface area contributed by atoms with E-state index in [1.165, 1.54) is 11.8 Å². The molecule has 0 aromatic heterocycles. The van der Waals surface area contributed by atoms with Gasteiger partial charge in [0.2, 0.25) is 5.91 Å². The Morgan fingerprint density at radius 2 is 1.69 bits per heavy atom. The van der Waals surface area contributed by atoms with Crippen molar-refractivity contribution < 1.29 is 14.3 Å². The van der Waals surface area contributed by atoms with E-state index in [2.05, 4.69) is 10.6 Å². The van der Waals surface area contributed by atoms with E-state index in [1.807, 2.05) is 42.5 Å². The van der Waals surface area contributed by atoms with Crippen molar-refractivity contribution in [2.75, 3.05) is 23.9 Å². The molecule has 6 nitrogen and oxygen atoms in total. The number of nitrogens with one attached hydrogen (secondary N) is 2. The van der Waals surface area contributed by atoms with Crippen molar-refractivity contribution >= 4 is 51.3 Å². The maximum absolute atomic E-state index is 12.2. The summed E-state index contributed by atoms with van der Waals surface area (Å²) >= 11 is 5.18. The van der Waals surface area contributed by atoms with Gasteiger partial charge in [-0.15, -0.1) is 0 Å². The van der Waals surface area contributed by atoms with E-state index in [0.29, 0.717) is 11.4 Å². The van der Waals surface area contributed by atoms with Gasteiger partial charge in [0.25, 0.3) is 5.91 Å². The molecule has 29 heavy (non-hydrogen) atoms. The second kappa shape index (κ2) is 9.16. The van der Waals surface area contributed by atoms with Gasteiger partial charge in [0.1, 0.15) is 5.75 Å². The van der Waals surface area contributed by atoms with Gasteiger partial charge in [-0.2, -0.15) is 0 Å². The molecule has 0 unspecified atom stereocenters. The number of nitrogens with zero attached hydrogens (tertiary/aromatic N) is 1. The molecule has 148 valence electrons. The Morgan fingerprint density at radius 1 is 1.00 bits per heavy atom. The van der Waals surface area contributed by atoms with Gasteiger partial charge in [0.15, 0.2) is 11.7 Å². The molecule has 7 heteroatoms. The normalized spacial score (nSPS) is 10.3. The predicted octanol–water partition coefficient (Wildman–Crippen LogP) is 3.71. The van der Waals surface area contributed by atoms with Crippen LogP contribution in [0.3, 0.4) is 0 Å². The largest absolute Gasteiger partial charge is 0.483 e. The van der Waals surface area contributed by atoms with E-state index in [9.17, 15) is 9.59 Å². The topological polar surface area (TPSA) is 70.7 Å². The molecule has 3 aromatic rings. The fourth-order valence-electron chi connectivity index (χ4n) is 2.74. The average molecular weight is 407 g/mol. The maximum atomic E-state index is 12.2. The lowest BCUT2D eigenvalue weighted by Gasteiger charge is -2.16. The number of amides is 2. The lowest BCUT2D eigenvalue weighted by Crippen LogP contribution is -2.37. The molecule has 0 atom stereocenters. The molecule has 2 amide bonds. The fourth-order valence-corrected chi connectivity index (χ4v) is 2.97. The third-order valence-electron chi connectivity index (χ3n) is 4.35. The molecule has 0 radical (unpaired) electrons.